The van der Waals surface area contributed by atoms with Gasteiger partial charge in [-0.25, -0.2) is 4.99 Å². The number of ether oxygens (including phenoxy) is 2. The molecule has 18 heavy (non-hydrogen) atoms. The van der Waals surface area contributed by atoms with Crippen molar-refractivity contribution in [2.24, 2.45) is 4.99 Å². The Hall–Kier alpha value is -1.55. The topological polar surface area (TPSA) is 42.9 Å². The van der Waals surface area contributed by atoms with Gasteiger partial charge >= 0.3 is 0 Å². The van der Waals surface area contributed by atoms with Crippen molar-refractivity contribution in [3.63, 3.8) is 0 Å². The van der Waals surface area contributed by atoms with Gasteiger partial charge in [-0.2, -0.15) is 0 Å². The first kappa shape index (κ1) is 11.5. The molecule has 2 aliphatic rings. The van der Waals surface area contributed by atoms with Crippen molar-refractivity contribution in [3.8, 4) is 5.75 Å². The first-order valence-corrected chi connectivity index (χ1v) is 6.45. The van der Waals surface area contributed by atoms with Gasteiger partial charge in [-0.1, -0.05) is 18.2 Å². The number of hydrogen-bond donors (Lipinski definition) is 1. The molecule has 1 N–H and O–H groups in total. The van der Waals surface area contributed by atoms with Gasteiger partial charge in [0.15, 0.2) is 0 Å². The van der Waals surface area contributed by atoms with E-state index in [0.717, 1.165) is 30.2 Å². The van der Waals surface area contributed by atoms with Crippen LogP contribution in [0.4, 0.5) is 0 Å². The number of para-hydroxylation sites is 1. The average Bonchev–Trinajstić information content (AvgIpc) is 3.09. The van der Waals surface area contributed by atoms with Crippen LogP contribution < -0.4 is 10.1 Å². The third-order valence-corrected chi connectivity index (χ3v) is 3.53. The Kier molecular flexibility index (Phi) is 3.19. The number of nitrogens with zero attached hydrogens (tertiary/aromatic N) is 1. The summed E-state index contributed by atoms with van der Waals surface area (Å²) in [4.78, 5) is 4.70. The number of aliphatic imine (C=N–C) groups is 1. The molecule has 1 saturated heterocycles. The Labute approximate surface area is 107 Å². The second-order valence-electron chi connectivity index (χ2n) is 4.69. The Morgan fingerprint density at radius 3 is 3.06 bits per heavy atom. The zero-order valence-corrected chi connectivity index (χ0v) is 10.6. The molecule has 2 atom stereocenters. The Bertz CT molecular complexity index is 453. The van der Waals surface area contributed by atoms with Gasteiger partial charge < -0.3 is 14.8 Å². The van der Waals surface area contributed by atoms with Crippen LogP contribution in [0.5, 0.6) is 5.75 Å². The van der Waals surface area contributed by atoms with Crippen LogP contribution in [0, 0.1) is 0 Å². The SMILES string of the molecule is COc1ccccc1C1COC(C2CCCN2)=N1. The lowest BCUT2D eigenvalue weighted by atomic mass is 10.1. The standard InChI is InChI=1S/C14H18N2O2/c1-17-13-7-3-2-5-10(13)12-9-18-14(16-12)11-6-4-8-15-11/h2-3,5,7,11-12,15H,4,6,8-9H2,1H3. The minimum absolute atomic E-state index is 0.0681. The van der Waals surface area contributed by atoms with Crippen LogP contribution in [-0.4, -0.2) is 32.2 Å². The van der Waals surface area contributed by atoms with Crippen LogP contribution in [0.3, 0.4) is 0 Å². The van der Waals surface area contributed by atoms with Gasteiger partial charge in [0.05, 0.1) is 13.2 Å². The van der Waals surface area contributed by atoms with Gasteiger partial charge in [-0.3, -0.25) is 0 Å². The lowest BCUT2D eigenvalue weighted by molar-refractivity contribution is 0.301. The Morgan fingerprint density at radius 1 is 1.39 bits per heavy atom. The molecule has 4 nitrogen and oxygen atoms in total. The molecule has 3 rings (SSSR count). The molecule has 1 aromatic rings. The molecule has 0 aromatic heterocycles. The van der Waals surface area contributed by atoms with Crippen LogP contribution >= 0.6 is 0 Å². The third-order valence-electron chi connectivity index (χ3n) is 3.53. The normalized spacial score (nSPS) is 26.8. The fraction of sp³-hybridized carbons (Fsp3) is 0.500. The van der Waals surface area contributed by atoms with Crippen molar-refractivity contribution in [1.82, 2.24) is 5.32 Å². The highest BCUT2D eigenvalue weighted by Gasteiger charge is 2.29. The molecule has 2 heterocycles. The van der Waals surface area contributed by atoms with Gasteiger partial charge in [-0.05, 0) is 25.5 Å². The molecule has 0 amide bonds. The molecular formula is C14H18N2O2. The molecule has 1 fully saturated rings. The van der Waals surface area contributed by atoms with E-state index in [2.05, 4.69) is 11.4 Å². The monoisotopic (exact) mass is 246 g/mol. The van der Waals surface area contributed by atoms with E-state index in [9.17, 15) is 0 Å². The molecule has 0 bridgehead atoms. The average molecular weight is 246 g/mol. The molecule has 1 aromatic carbocycles. The fourth-order valence-electron chi connectivity index (χ4n) is 2.58. The highest BCUT2D eigenvalue weighted by atomic mass is 16.5. The van der Waals surface area contributed by atoms with Crippen LogP contribution in [-0.2, 0) is 4.74 Å². The molecular weight excluding hydrogens is 228 g/mol. The van der Waals surface area contributed by atoms with Crippen LogP contribution in [0.1, 0.15) is 24.4 Å². The zero-order chi connectivity index (χ0) is 12.4. The van der Waals surface area contributed by atoms with Crippen molar-refractivity contribution in [2.45, 2.75) is 24.9 Å². The quantitative estimate of drug-likeness (QED) is 0.886. The van der Waals surface area contributed by atoms with Crippen LogP contribution in [0.15, 0.2) is 29.3 Å². The number of benzene rings is 1. The summed E-state index contributed by atoms with van der Waals surface area (Å²) < 4.78 is 11.1. The summed E-state index contributed by atoms with van der Waals surface area (Å²) in [6.07, 6.45) is 2.32. The van der Waals surface area contributed by atoms with E-state index in [1.807, 2.05) is 18.2 Å². The largest absolute Gasteiger partial charge is 0.496 e. The minimum Gasteiger partial charge on any atom is -0.496 e. The predicted octanol–water partition coefficient (Wildman–Crippen LogP) is 1.92. The van der Waals surface area contributed by atoms with Gasteiger partial charge in [0.25, 0.3) is 0 Å². The molecule has 0 radical (unpaired) electrons. The molecule has 96 valence electrons. The van der Waals surface area contributed by atoms with E-state index in [-0.39, 0.29) is 6.04 Å². The maximum Gasteiger partial charge on any atom is 0.201 e. The Morgan fingerprint density at radius 2 is 2.28 bits per heavy atom. The summed E-state index contributed by atoms with van der Waals surface area (Å²) in [6.45, 7) is 1.68. The number of nitrogens with one attached hydrogen (secondary N) is 1. The van der Waals surface area contributed by atoms with E-state index in [1.54, 1.807) is 7.11 Å². The van der Waals surface area contributed by atoms with E-state index in [0.29, 0.717) is 12.6 Å². The highest BCUT2D eigenvalue weighted by molar-refractivity contribution is 5.83. The first-order valence-electron chi connectivity index (χ1n) is 6.45. The predicted molar refractivity (Wildman–Crippen MR) is 70.1 cm³/mol. The first-order chi connectivity index (χ1) is 8.88. The van der Waals surface area contributed by atoms with Gasteiger partial charge in [-0.15, -0.1) is 0 Å². The van der Waals surface area contributed by atoms with E-state index < -0.39 is 0 Å². The lowest BCUT2D eigenvalue weighted by Gasteiger charge is -2.10. The molecule has 0 spiro atoms. The van der Waals surface area contributed by atoms with Crippen molar-refractivity contribution in [1.29, 1.82) is 0 Å². The summed E-state index contributed by atoms with van der Waals surface area (Å²) in [6, 6.07) is 8.39. The summed E-state index contributed by atoms with van der Waals surface area (Å²) in [5, 5.41) is 3.41. The maximum absolute atomic E-state index is 5.74. The van der Waals surface area contributed by atoms with Crippen LogP contribution in [0.2, 0.25) is 0 Å². The summed E-state index contributed by atoms with van der Waals surface area (Å²) in [5.74, 6) is 1.75. The Balaban J connectivity index is 1.81. The van der Waals surface area contributed by atoms with Crippen molar-refractivity contribution < 1.29 is 9.47 Å². The third kappa shape index (κ3) is 2.08. The molecule has 4 heteroatoms. The summed E-state index contributed by atoms with van der Waals surface area (Å²) >= 11 is 0. The summed E-state index contributed by atoms with van der Waals surface area (Å²) in [7, 11) is 1.69. The highest BCUT2D eigenvalue weighted by Crippen LogP contribution is 2.31. The fourth-order valence-corrected chi connectivity index (χ4v) is 2.58. The number of methoxy groups -OCH3 is 1. The van der Waals surface area contributed by atoms with Gasteiger partial charge in [0.2, 0.25) is 5.90 Å². The number of hydrogen-bond acceptors (Lipinski definition) is 4. The van der Waals surface area contributed by atoms with Crippen molar-refractivity contribution in [3.05, 3.63) is 29.8 Å². The lowest BCUT2D eigenvalue weighted by Crippen LogP contribution is -2.30. The minimum atomic E-state index is 0.0681. The maximum atomic E-state index is 5.74. The second kappa shape index (κ2) is 4.98. The van der Waals surface area contributed by atoms with E-state index in [1.165, 1.54) is 6.42 Å². The molecule has 2 unspecified atom stereocenters. The van der Waals surface area contributed by atoms with E-state index >= 15 is 0 Å². The van der Waals surface area contributed by atoms with Gasteiger partial charge in [0, 0.05) is 5.56 Å². The molecule has 0 aliphatic carbocycles. The second-order valence-corrected chi connectivity index (χ2v) is 4.69. The molecule has 0 saturated carbocycles. The number of rotatable bonds is 3. The van der Waals surface area contributed by atoms with Crippen molar-refractivity contribution in [2.75, 3.05) is 20.3 Å². The summed E-state index contributed by atoms with van der Waals surface area (Å²) in [5.41, 5.74) is 1.10. The van der Waals surface area contributed by atoms with E-state index in [4.69, 9.17) is 14.5 Å². The van der Waals surface area contributed by atoms with Crippen molar-refractivity contribution >= 4 is 5.90 Å². The molecule has 2 aliphatic heterocycles. The van der Waals surface area contributed by atoms with Crippen LogP contribution in [0.25, 0.3) is 0 Å². The zero-order valence-electron chi connectivity index (χ0n) is 10.6. The smallest absolute Gasteiger partial charge is 0.201 e. The van der Waals surface area contributed by atoms with Gasteiger partial charge in [0.1, 0.15) is 18.4 Å².